The van der Waals surface area contributed by atoms with Gasteiger partial charge < -0.3 is 4.42 Å². The SMILES string of the molecule is C1=CC(Cc2ccccc2)C(c2nc(-c3ccccc3)c(-c3ccccc3)o2)CC1.O=S(=O)(Cl)Cl. The van der Waals surface area contributed by atoms with Gasteiger partial charge >= 0.3 is 8.26 Å². The molecule has 1 aliphatic rings. The third-order valence-electron chi connectivity index (χ3n) is 5.90. The van der Waals surface area contributed by atoms with E-state index in [0.717, 1.165) is 47.7 Å². The minimum Gasteiger partial charge on any atom is -0.440 e. The Morgan fingerprint density at radius 2 is 1.37 bits per heavy atom. The smallest absolute Gasteiger partial charge is 0.317 e. The quantitative estimate of drug-likeness (QED) is 0.195. The molecule has 1 heterocycles. The molecule has 4 nitrogen and oxygen atoms in total. The molecule has 180 valence electrons. The van der Waals surface area contributed by atoms with Crippen LogP contribution in [0.5, 0.6) is 0 Å². The summed E-state index contributed by atoms with van der Waals surface area (Å²) in [6.07, 6.45) is 7.81. The minimum absolute atomic E-state index is 0.287. The fourth-order valence-corrected chi connectivity index (χ4v) is 4.37. The van der Waals surface area contributed by atoms with Crippen molar-refractivity contribution in [2.45, 2.75) is 25.2 Å². The molecule has 2 unspecified atom stereocenters. The van der Waals surface area contributed by atoms with Crippen LogP contribution in [0.4, 0.5) is 0 Å². The van der Waals surface area contributed by atoms with Crippen LogP contribution in [0.1, 0.15) is 30.2 Å². The highest BCUT2D eigenvalue weighted by Gasteiger charge is 2.29. The van der Waals surface area contributed by atoms with Gasteiger partial charge in [-0.1, -0.05) is 103 Å². The number of allylic oxidation sites excluding steroid dienone is 2. The second kappa shape index (κ2) is 11.7. The lowest BCUT2D eigenvalue weighted by Gasteiger charge is -2.25. The lowest BCUT2D eigenvalue weighted by atomic mass is 9.80. The largest absolute Gasteiger partial charge is 0.440 e. The molecule has 35 heavy (non-hydrogen) atoms. The van der Waals surface area contributed by atoms with Gasteiger partial charge in [0, 0.05) is 38.4 Å². The summed E-state index contributed by atoms with van der Waals surface area (Å²) in [6.45, 7) is 0. The van der Waals surface area contributed by atoms with Gasteiger partial charge in [-0.3, -0.25) is 0 Å². The van der Waals surface area contributed by atoms with Crippen molar-refractivity contribution in [2.75, 3.05) is 0 Å². The third kappa shape index (κ3) is 7.31. The Morgan fingerprint density at radius 1 is 0.829 bits per heavy atom. The zero-order valence-electron chi connectivity index (χ0n) is 18.9. The molecule has 4 aromatic rings. The molecule has 7 heteroatoms. The van der Waals surface area contributed by atoms with E-state index in [9.17, 15) is 0 Å². The maximum absolute atomic E-state index is 9.16. The van der Waals surface area contributed by atoms with Crippen molar-refractivity contribution in [2.24, 2.45) is 5.92 Å². The Kier molecular flexibility index (Phi) is 8.45. The Bertz CT molecular complexity index is 1290. The Morgan fingerprint density at radius 3 is 1.97 bits per heavy atom. The van der Waals surface area contributed by atoms with Crippen LogP contribution in [0.15, 0.2) is 108 Å². The van der Waals surface area contributed by atoms with Crippen molar-refractivity contribution < 1.29 is 12.8 Å². The number of hydrogen-bond donors (Lipinski definition) is 0. The van der Waals surface area contributed by atoms with E-state index in [-0.39, 0.29) is 5.92 Å². The van der Waals surface area contributed by atoms with Crippen molar-refractivity contribution in [1.82, 2.24) is 4.98 Å². The molecule has 0 saturated heterocycles. The number of benzene rings is 3. The van der Waals surface area contributed by atoms with E-state index < -0.39 is 8.26 Å². The monoisotopic (exact) mass is 525 g/mol. The summed E-state index contributed by atoms with van der Waals surface area (Å²) in [5.74, 6) is 2.41. The van der Waals surface area contributed by atoms with Crippen molar-refractivity contribution in [3.05, 3.63) is 115 Å². The number of oxazole rings is 1. The van der Waals surface area contributed by atoms with Crippen LogP contribution in [0.3, 0.4) is 0 Å². The van der Waals surface area contributed by atoms with E-state index in [1.807, 2.05) is 24.3 Å². The fourth-order valence-electron chi connectivity index (χ4n) is 4.37. The lowest BCUT2D eigenvalue weighted by molar-refractivity contribution is 0.365. The minimum atomic E-state index is -3.72. The van der Waals surface area contributed by atoms with E-state index in [0.29, 0.717) is 5.92 Å². The molecule has 1 aliphatic carbocycles. The molecule has 3 aromatic carbocycles. The topological polar surface area (TPSA) is 60.2 Å². The first-order chi connectivity index (χ1) is 16.9. The van der Waals surface area contributed by atoms with Gasteiger partial charge in [0.25, 0.3) is 0 Å². The van der Waals surface area contributed by atoms with Crippen molar-refractivity contribution >= 4 is 29.6 Å². The molecular formula is C28H25Cl2NO3S. The molecule has 5 rings (SSSR count). The Balaban J connectivity index is 0.000000527. The lowest BCUT2D eigenvalue weighted by Crippen LogP contribution is -2.17. The number of hydrogen-bond acceptors (Lipinski definition) is 4. The van der Waals surface area contributed by atoms with Gasteiger partial charge in [-0.25, -0.2) is 4.98 Å². The Hall–Kier alpha value is -2.86. The van der Waals surface area contributed by atoms with Gasteiger partial charge in [-0.15, -0.1) is 0 Å². The fraction of sp³-hybridized carbons (Fsp3) is 0.179. The summed E-state index contributed by atoms with van der Waals surface area (Å²) in [6, 6.07) is 31.4. The number of aromatic nitrogens is 1. The predicted octanol–water partition coefficient (Wildman–Crippen LogP) is 8.01. The van der Waals surface area contributed by atoms with Gasteiger partial charge in [-0.05, 0) is 30.7 Å². The van der Waals surface area contributed by atoms with E-state index in [1.165, 1.54) is 5.56 Å². The molecule has 0 fully saturated rings. The summed E-state index contributed by atoms with van der Waals surface area (Å²) >= 11 is 0. The summed E-state index contributed by atoms with van der Waals surface area (Å²) in [5.41, 5.74) is 4.46. The standard InChI is InChI=1S/C28H25NO.Cl2O2S/c1-4-12-21(13-5-1)20-24-18-10-11-19-25(24)28-29-26(22-14-6-2-7-15-22)27(30-28)23-16-8-3-9-17-23;1-5(2,3)4/h1-10,12-18,24-25H,11,19-20H2;. The first kappa shape index (κ1) is 25.2. The van der Waals surface area contributed by atoms with E-state index in [2.05, 4.69) is 100 Å². The number of halogens is 2. The molecule has 1 aromatic heterocycles. The number of nitrogens with zero attached hydrogens (tertiary/aromatic N) is 1. The van der Waals surface area contributed by atoms with Crippen LogP contribution in [-0.2, 0) is 14.7 Å². The van der Waals surface area contributed by atoms with Crippen molar-refractivity contribution in [1.29, 1.82) is 0 Å². The molecule has 0 N–H and O–H groups in total. The highest BCUT2D eigenvalue weighted by Crippen LogP contribution is 2.40. The zero-order chi connectivity index (χ0) is 24.7. The summed E-state index contributed by atoms with van der Waals surface area (Å²) in [5, 5.41) is 0. The highest BCUT2D eigenvalue weighted by atomic mass is 36.0. The summed E-state index contributed by atoms with van der Waals surface area (Å²) < 4.78 is 24.8. The molecular weight excluding hydrogens is 501 g/mol. The number of rotatable bonds is 5. The van der Waals surface area contributed by atoms with Crippen molar-refractivity contribution in [3.63, 3.8) is 0 Å². The first-order valence-electron chi connectivity index (χ1n) is 11.3. The Labute approximate surface area is 215 Å². The van der Waals surface area contributed by atoms with Gasteiger partial charge in [-0.2, -0.15) is 8.42 Å². The third-order valence-corrected chi connectivity index (χ3v) is 5.90. The maximum Gasteiger partial charge on any atom is 0.317 e. The van der Waals surface area contributed by atoms with E-state index in [4.69, 9.17) is 17.8 Å². The van der Waals surface area contributed by atoms with E-state index in [1.54, 1.807) is 0 Å². The molecule has 0 aliphatic heterocycles. The van der Waals surface area contributed by atoms with Crippen molar-refractivity contribution in [3.8, 4) is 22.6 Å². The maximum atomic E-state index is 9.16. The molecule has 0 radical (unpaired) electrons. The highest BCUT2D eigenvalue weighted by molar-refractivity contribution is 8.31. The molecule has 0 spiro atoms. The average molecular weight is 526 g/mol. The summed E-state index contributed by atoms with van der Waals surface area (Å²) in [7, 11) is 4.81. The van der Waals surface area contributed by atoms with Crippen LogP contribution >= 0.6 is 21.4 Å². The molecule has 0 bridgehead atoms. The van der Waals surface area contributed by atoms with Gasteiger partial charge in [0.15, 0.2) is 11.7 Å². The van der Waals surface area contributed by atoms with Gasteiger partial charge in [0.05, 0.1) is 0 Å². The first-order valence-corrected chi connectivity index (χ1v) is 14.5. The molecule has 0 amide bonds. The van der Waals surface area contributed by atoms with Gasteiger partial charge in [0.2, 0.25) is 0 Å². The van der Waals surface area contributed by atoms with E-state index >= 15 is 0 Å². The van der Waals surface area contributed by atoms with Gasteiger partial charge in [0.1, 0.15) is 5.69 Å². The van der Waals surface area contributed by atoms with Crippen LogP contribution in [-0.4, -0.2) is 13.4 Å². The predicted molar refractivity (Wildman–Crippen MR) is 143 cm³/mol. The molecule has 0 saturated carbocycles. The normalized spacial score (nSPS) is 17.4. The van der Waals surface area contributed by atoms with Crippen LogP contribution in [0.25, 0.3) is 22.6 Å². The summed E-state index contributed by atoms with van der Waals surface area (Å²) in [4.78, 5) is 5.07. The second-order valence-corrected chi connectivity index (χ2v) is 12.0. The molecule has 2 atom stereocenters. The van der Waals surface area contributed by atoms with Crippen LogP contribution in [0, 0.1) is 5.92 Å². The average Bonchev–Trinajstić information content (AvgIpc) is 3.31. The zero-order valence-corrected chi connectivity index (χ0v) is 21.3. The second-order valence-electron chi connectivity index (χ2n) is 8.31. The van der Waals surface area contributed by atoms with Crippen LogP contribution in [0.2, 0.25) is 0 Å². The van der Waals surface area contributed by atoms with Crippen LogP contribution < -0.4 is 0 Å².